The highest BCUT2D eigenvalue weighted by Crippen LogP contribution is 2.10. The zero-order valence-electron chi connectivity index (χ0n) is 6.73. The van der Waals surface area contributed by atoms with Crippen LogP contribution in [0.25, 0.3) is 0 Å². The van der Waals surface area contributed by atoms with E-state index in [1.807, 2.05) is 0 Å². The maximum absolute atomic E-state index is 5.31. The molecule has 0 bridgehead atoms. The smallest absolute Gasteiger partial charge is 0.0779 e. The van der Waals surface area contributed by atoms with Crippen molar-refractivity contribution in [2.75, 3.05) is 19.8 Å². The molecule has 64 valence electrons. The lowest BCUT2D eigenvalue weighted by molar-refractivity contribution is 0.0755. The van der Waals surface area contributed by atoms with Crippen LogP contribution in [0.5, 0.6) is 0 Å². The van der Waals surface area contributed by atoms with E-state index in [9.17, 15) is 0 Å². The number of rotatable bonds is 1. The Morgan fingerprint density at radius 3 is 3.17 bits per heavy atom. The molecule has 0 saturated carbocycles. The Hall–Kier alpha value is -1.00. The number of hydrogen-bond acceptors (Lipinski definition) is 4. The average molecular weight is 165 g/mol. The van der Waals surface area contributed by atoms with Gasteiger partial charge in [-0.15, -0.1) is 0 Å². The number of nitrogens with one attached hydrogen (secondary N) is 1. The Labute approximate surface area is 71.0 Å². The van der Waals surface area contributed by atoms with Crippen molar-refractivity contribution in [1.82, 2.24) is 15.3 Å². The average Bonchev–Trinajstić information content (AvgIpc) is 2.21. The Kier molecular flexibility index (Phi) is 2.29. The summed E-state index contributed by atoms with van der Waals surface area (Å²) < 4.78 is 5.31. The van der Waals surface area contributed by atoms with E-state index in [2.05, 4.69) is 15.3 Å². The molecule has 1 N–H and O–H groups in total. The molecule has 1 fully saturated rings. The van der Waals surface area contributed by atoms with E-state index in [1.165, 1.54) is 0 Å². The molecule has 0 spiro atoms. The summed E-state index contributed by atoms with van der Waals surface area (Å²) in [6, 6.07) is 0.215. The minimum atomic E-state index is 0.215. The monoisotopic (exact) mass is 165 g/mol. The predicted molar refractivity (Wildman–Crippen MR) is 43.6 cm³/mol. The molecule has 0 radical (unpaired) electrons. The summed E-state index contributed by atoms with van der Waals surface area (Å²) in [6.07, 6.45) is 5.14. The first-order valence-electron chi connectivity index (χ1n) is 4.04. The van der Waals surface area contributed by atoms with Crippen molar-refractivity contribution in [3.05, 3.63) is 24.3 Å². The fraction of sp³-hybridized carbons (Fsp3) is 0.500. The molecule has 1 saturated heterocycles. The molecule has 1 aliphatic rings. The van der Waals surface area contributed by atoms with Gasteiger partial charge in [0.2, 0.25) is 0 Å². The molecule has 2 heterocycles. The summed E-state index contributed by atoms with van der Waals surface area (Å²) >= 11 is 0. The first kappa shape index (κ1) is 7.64. The normalized spacial score (nSPS) is 23.8. The fourth-order valence-electron chi connectivity index (χ4n) is 1.25. The van der Waals surface area contributed by atoms with Crippen LogP contribution in [0.15, 0.2) is 18.6 Å². The molecule has 1 aromatic rings. The standard InChI is InChI=1S/C8H11N3O/c1-2-10-7(5-9-1)8-6-12-4-3-11-8/h1-2,5,8,11H,3-4,6H2. The molecular formula is C8H11N3O. The molecule has 12 heavy (non-hydrogen) atoms. The molecule has 4 nitrogen and oxygen atoms in total. The number of nitrogens with zero attached hydrogens (tertiary/aromatic N) is 2. The van der Waals surface area contributed by atoms with Crippen molar-refractivity contribution in [1.29, 1.82) is 0 Å². The quantitative estimate of drug-likeness (QED) is 0.643. The molecule has 0 amide bonds. The van der Waals surface area contributed by atoms with Crippen molar-refractivity contribution >= 4 is 0 Å². The lowest BCUT2D eigenvalue weighted by atomic mass is 10.2. The lowest BCUT2D eigenvalue weighted by Gasteiger charge is -2.22. The highest BCUT2D eigenvalue weighted by Gasteiger charge is 2.15. The van der Waals surface area contributed by atoms with E-state index in [1.54, 1.807) is 18.6 Å². The summed E-state index contributed by atoms with van der Waals surface area (Å²) in [4.78, 5) is 8.20. The topological polar surface area (TPSA) is 47.0 Å². The number of hydrogen-bond donors (Lipinski definition) is 1. The Morgan fingerprint density at radius 1 is 1.50 bits per heavy atom. The highest BCUT2D eigenvalue weighted by atomic mass is 16.5. The van der Waals surface area contributed by atoms with Crippen LogP contribution in [0.3, 0.4) is 0 Å². The van der Waals surface area contributed by atoms with Crippen LogP contribution in [-0.4, -0.2) is 29.7 Å². The third-order valence-corrected chi connectivity index (χ3v) is 1.86. The number of aromatic nitrogens is 2. The zero-order chi connectivity index (χ0) is 8.23. The van der Waals surface area contributed by atoms with Gasteiger partial charge in [0.1, 0.15) is 0 Å². The van der Waals surface area contributed by atoms with Crippen molar-refractivity contribution in [2.45, 2.75) is 6.04 Å². The first-order chi connectivity index (χ1) is 5.97. The molecule has 0 aromatic carbocycles. The molecule has 1 aliphatic heterocycles. The van der Waals surface area contributed by atoms with Gasteiger partial charge in [-0.05, 0) is 0 Å². The van der Waals surface area contributed by atoms with Crippen LogP contribution in [0.2, 0.25) is 0 Å². The largest absolute Gasteiger partial charge is 0.378 e. The molecule has 2 rings (SSSR count). The fourth-order valence-corrected chi connectivity index (χ4v) is 1.25. The number of morpholine rings is 1. The summed E-state index contributed by atoms with van der Waals surface area (Å²) in [6.45, 7) is 2.37. The molecule has 1 atom stereocenters. The van der Waals surface area contributed by atoms with E-state index in [-0.39, 0.29) is 6.04 Å². The van der Waals surface area contributed by atoms with Crippen molar-refractivity contribution in [2.24, 2.45) is 0 Å². The zero-order valence-corrected chi connectivity index (χ0v) is 6.73. The van der Waals surface area contributed by atoms with Gasteiger partial charge >= 0.3 is 0 Å². The van der Waals surface area contributed by atoms with Crippen LogP contribution in [0.1, 0.15) is 11.7 Å². The van der Waals surface area contributed by atoms with E-state index in [4.69, 9.17) is 4.74 Å². The van der Waals surface area contributed by atoms with Crippen molar-refractivity contribution in [3.8, 4) is 0 Å². The van der Waals surface area contributed by atoms with Gasteiger partial charge in [0.15, 0.2) is 0 Å². The molecule has 1 aromatic heterocycles. The molecular weight excluding hydrogens is 154 g/mol. The van der Waals surface area contributed by atoms with E-state index >= 15 is 0 Å². The van der Waals surface area contributed by atoms with Crippen LogP contribution in [0, 0.1) is 0 Å². The summed E-state index contributed by atoms with van der Waals surface area (Å²) in [7, 11) is 0. The minimum Gasteiger partial charge on any atom is -0.378 e. The van der Waals surface area contributed by atoms with Crippen molar-refractivity contribution in [3.63, 3.8) is 0 Å². The maximum atomic E-state index is 5.31. The molecule has 0 aliphatic carbocycles. The van der Waals surface area contributed by atoms with Gasteiger partial charge < -0.3 is 10.1 Å². The van der Waals surface area contributed by atoms with Gasteiger partial charge in [-0.1, -0.05) is 0 Å². The van der Waals surface area contributed by atoms with Gasteiger partial charge in [-0.2, -0.15) is 0 Å². The van der Waals surface area contributed by atoms with Crippen molar-refractivity contribution < 1.29 is 4.74 Å². The number of ether oxygens (including phenoxy) is 1. The molecule has 1 unspecified atom stereocenters. The molecule has 4 heteroatoms. The van der Waals surface area contributed by atoms with Crippen LogP contribution >= 0.6 is 0 Å². The van der Waals surface area contributed by atoms with Crippen LogP contribution < -0.4 is 5.32 Å². The summed E-state index contributed by atoms with van der Waals surface area (Å²) in [5.74, 6) is 0. The van der Waals surface area contributed by atoms with Crippen LogP contribution in [0.4, 0.5) is 0 Å². The second kappa shape index (κ2) is 3.60. The van der Waals surface area contributed by atoms with Crippen LogP contribution in [-0.2, 0) is 4.74 Å². The second-order valence-electron chi connectivity index (χ2n) is 2.71. The van der Waals surface area contributed by atoms with Gasteiger partial charge in [-0.3, -0.25) is 9.97 Å². The lowest BCUT2D eigenvalue weighted by Crippen LogP contribution is -2.35. The van der Waals surface area contributed by atoms with Gasteiger partial charge in [-0.25, -0.2) is 0 Å². The maximum Gasteiger partial charge on any atom is 0.0779 e. The summed E-state index contributed by atoms with van der Waals surface area (Å²) in [5.41, 5.74) is 0.956. The highest BCUT2D eigenvalue weighted by molar-refractivity contribution is 5.02. The Balaban J connectivity index is 2.08. The SMILES string of the molecule is c1cnc(C2COCCN2)cn1. The second-order valence-corrected chi connectivity index (χ2v) is 2.71. The van der Waals surface area contributed by atoms with Gasteiger partial charge in [0.25, 0.3) is 0 Å². The Morgan fingerprint density at radius 2 is 2.50 bits per heavy atom. The first-order valence-corrected chi connectivity index (χ1v) is 4.04. The summed E-state index contributed by atoms with van der Waals surface area (Å²) in [5, 5.41) is 3.31. The predicted octanol–water partition coefficient (Wildman–Crippen LogP) is 0.138. The van der Waals surface area contributed by atoms with E-state index in [0.29, 0.717) is 6.61 Å². The minimum absolute atomic E-state index is 0.215. The van der Waals surface area contributed by atoms with E-state index < -0.39 is 0 Å². The third-order valence-electron chi connectivity index (χ3n) is 1.86. The van der Waals surface area contributed by atoms with Gasteiger partial charge in [0.05, 0.1) is 31.1 Å². The van der Waals surface area contributed by atoms with E-state index in [0.717, 1.165) is 18.8 Å². The third kappa shape index (κ3) is 1.60. The van der Waals surface area contributed by atoms with Gasteiger partial charge in [0, 0.05) is 18.9 Å². The Bertz CT molecular complexity index is 233.